The highest BCUT2D eigenvalue weighted by atomic mass is 16.4. The summed E-state index contributed by atoms with van der Waals surface area (Å²) in [6, 6.07) is 0. The maximum absolute atomic E-state index is 11.3. The molecule has 0 saturated carbocycles. The molecule has 6 heteroatoms. The molecule has 1 aliphatic heterocycles. The summed E-state index contributed by atoms with van der Waals surface area (Å²) in [5.41, 5.74) is 0. The van der Waals surface area contributed by atoms with E-state index < -0.39 is 0 Å². The van der Waals surface area contributed by atoms with E-state index in [0.717, 1.165) is 19.5 Å². The van der Waals surface area contributed by atoms with Crippen LogP contribution in [-0.4, -0.2) is 41.1 Å². The molecule has 0 spiro atoms. The van der Waals surface area contributed by atoms with E-state index in [0.29, 0.717) is 30.7 Å². The predicted molar refractivity (Wildman–Crippen MR) is 70.5 cm³/mol. The third-order valence-electron chi connectivity index (χ3n) is 3.46. The third-order valence-corrected chi connectivity index (χ3v) is 3.46. The minimum absolute atomic E-state index is 0.117. The lowest BCUT2D eigenvalue weighted by Gasteiger charge is -2.13. The fraction of sp³-hybridized carbons (Fsp3) is 0.769. The summed E-state index contributed by atoms with van der Waals surface area (Å²) in [6.07, 6.45) is 1.66. The zero-order chi connectivity index (χ0) is 13.8. The summed E-state index contributed by atoms with van der Waals surface area (Å²) in [6.45, 7) is 6.66. The molecule has 2 rings (SSSR count). The molecule has 0 bridgehead atoms. The van der Waals surface area contributed by atoms with Crippen LogP contribution < -0.4 is 5.32 Å². The Labute approximate surface area is 113 Å². The average Bonchev–Trinajstić information content (AvgIpc) is 2.99. The molecular formula is C13H22N4O2. The normalized spacial score (nSPS) is 20.1. The van der Waals surface area contributed by atoms with Crippen molar-refractivity contribution in [3.05, 3.63) is 11.8 Å². The maximum Gasteiger partial charge on any atom is 0.230 e. The van der Waals surface area contributed by atoms with Crippen molar-refractivity contribution in [3.8, 4) is 0 Å². The number of carbonyl (C=O) groups is 1. The highest BCUT2D eigenvalue weighted by Gasteiger charge is 2.25. The van der Waals surface area contributed by atoms with E-state index in [1.807, 2.05) is 13.8 Å². The van der Waals surface area contributed by atoms with E-state index in [-0.39, 0.29) is 11.8 Å². The first-order valence-corrected chi connectivity index (χ1v) is 6.83. The number of hydrogen-bond donors (Lipinski definition) is 1. The van der Waals surface area contributed by atoms with Crippen LogP contribution in [0.15, 0.2) is 4.42 Å². The van der Waals surface area contributed by atoms with Crippen molar-refractivity contribution in [1.29, 1.82) is 0 Å². The number of amides is 1. The molecule has 1 amide bonds. The van der Waals surface area contributed by atoms with E-state index >= 15 is 0 Å². The lowest BCUT2D eigenvalue weighted by molar-refractivity contribution is -0.121. The van der Waals surface area contributed by atoms with Crippen LogP contribution in [0.5, 0.6) is 0 Å². The van der Waals surface area contributed by atoms with Gasteiger partial charge in [-0.1, -0.05) is 13.8 Å². The van der Waals surface area contributed by atoms with Gasteiger partial charge in [-0.3, -0.25) is 9.69 Å². The van der Waals surface area contributed by atoms with Crippen LogP contribution in [0.3, 0.4) is 0 Å². The number of carbonyl (C=O) groups excluding carboxylic acids is 1. The third kappa shape index (κ3) is 3.76. The standard InChI is InChI=1S/C13H22N4O2/c1-9(2)13-16-15-12(19-13)8-17-5-4-10(7-17)6-11(18)14-3/h9-10H,4-8H2,1-3H3,(H,14,18). The van der Waals surface area contributed by atoms with Crippen LogP contribution in [0.1, 0.15) is 44.4 Å². The van der Waals surface area contributed by atoms with Gasteiger partial charge >= 0.3 is 0 Å². The Balaban J connectivity index is 1.82. The summed E-state index contributed by atoms with van der Waals surface area (Å²) in [7, 11) is 1.68. The number of aromatic nitrogens is 2. The molecule has 19 heavy (non-hydrogen) atoms. The van der Waals surface area contributed by atoms with E-state index in [4.69, 9.17) is 4.42 Å². The Kier molecular flexibility index (Phi) is 4.52. The second-order valence-electron chi connectivity index (χ2n) is 5.46. The van der Waals surface area contributed by atoms with Gasteiger partial charge in [-0.2, -0.15) is 0 Å². The molecule has 6 nitrogen and oxygen atoms in total. The van der Waals surface area contributed by atoms with E-state index in [2.05, 4.69) is 20.4 Å². The summed E-state index contributed by atoms with van der Waals surface area (Å²) in [5.74, 6) is 2.18. The minimum Gasteiger partial charge on any atom is -0.424 e. The van der Waals surface area contributed by atoms with E-state index in [1.54, 1.807) is 7.05 Å². The zero-order valence-electron chi connectivity index (χ0n) is 11.8. The molecule has 2 heterocycles. The largest absolute Gasteiger partial charge is 0.424 e. The summed E-state index contributed by atoms with van der Waals surface area (Å²) >= 11 is 0. The fourth-order valence-electron chi connectivity index (χ4n) is 2.34. The van der Waals surface area contributed by atoms with Crippen LogP contribution >= 0.6 is 0 Å². The van der Waals surface area contributed by atoms with Gasteiger partial charge in [0.25, 0.3) is 0 Å². The molecule has 1 N–H and O–H groups in total. The molecule has 1 aromatic rings. The number of nitrogens with one attached hydrogen (secondary N) is 1. The van der Waals surface area contributed by atoms with Gasteiger partial charge < -0.3 is 9.73 Å². The van der Waals surface area contributed by atoms with Gasteiger partial charge in [0.05, 0.1) is 6.54 Å². The van der Waals surface area contributed by atoms with E-state index in [1.165, 1.54) is 0 Å². The van der Waals surface area contributed by atoms with Gasteiger partial charge in [0, 0.05) is 25.9 Å². The Hall–Kier alpha value is -1.43. The van der Waals surface area contributed by atoms with Gasteiger partial charge in [-0.25, -0.2) is 0 Å². The second kappa shape index (κ2) is 6.14. The van der Waals surface area contributed by atoms with Gasteiger partial charge in [-0.05, 0) is 18.9 Å². The topological polar surface area (TPSA) is 71.3 Å². The van der Waals surface area contributed by atoms with Crippen molar-refractivity contribution in [2.45, 2.75) is 39.2 Å². The first-order chi connectivity index (χ1) is 9.08. The van der Waals surface area contributed by atoms with Crippen molar-refractivity contribution in [1.82, 2.24) is 20.4 Å². The Morgan fingerprint density at radius 3 is 2.95 bits per heavy atom. The molecule has 1 aromatic heterocycles. The monoisotopic (exact) mass is 266 g/mol. The Bertz CT molecular complexity index is 430. The van der Waals surface area contributed by atoms with Crippen LogP contribution in [-0.2, 0) is 11.3 Å². The van der Waals surface area contributed by atoms with Crippen molar-refractivity contribution in [2.24, 2.45) is 5.92 Å². The summed E-state index contributed by atoms with van der Waals surface area (Å²) in [4.78, 5) is 13.6. The molecular weight excluding hydrogens is 244 g/mol. The molecule has 106 valence electrons. The van der Waals surface area contributed by atoms with Crippen molar-refractivity contribution < 1.29 is 9.21 Å². The van der Waals surface area contributed by atoms with Gasteiger partial charge in [0.15, 0.2) is 0 Å². The van der Waals surface area contributed by atoms with Crippen molar-refractivity contribution in [3.63, 3.8) is 0 Å². The second-order valence-corrected chi connectivity index (χ2v) is 5.46. The van der Waals surface area contributed by atoms with Gasteiger partial charge in [-0.15, -0.1) is 10.2 Å². The predicted octanol–water partition coefficient (Wildman–Crippen LogP) is 1.15. The van der Waals surface area contributed by atoms with Crippen molar-refractivity contribution in [2.75, 3.05) is 20.1 Å². The summed E-state index contributed by atoms with van der Waals surface area (Å²) < 4.78 is 5.60. The lowest BCUT2D eigenvalue weighted by atomic mass is 10.1. The number of nitrogens with zero attached hydrogens (tertiary/aromatic N) is 3. The Morgan fingerprint density at radius 1 is 1.53 bits per heavy atom. The van der Waals surface area contributed by atoms with Gasteiger partial charge in [0.1, 0.15) is 0 Å². The number of rotatable bonds is 5. The SMILES string of the molecule is CNC(=O)CC1CCN(Cc2nnc(C(C)C)o2)C1. The summed E-state index contributed by atoms with van der Waals surface area (Å²) in [5, 5.41) is 10.8. The highest BCUT2D eigenvalue weighted by Crippen LogP contribution is 2.21. The molecule has 1 fully saturated rings. The lowest BCUT2D eigenvalue weighted by Crippen LogP contribution is -2.24. The molecule has 1 saturated heterocycles. The quantitative estimate of drug-likeness (QED) is 0.865. The smallest absolute Gasteiger partial charge is 0.230 e. The fourth-order valence-corrected chi connectivity index (χ4v) is 2.34. The van der Waals surface area contributed by atoms with Crippen LogP contribution in [0.4, 0.5) is 0 Å². The maximum atomic E-state index is 11.3. The van der Waals surface area contributed by atoms with Crippen LogP contribution in [0.25, 0.3) is 0 Å². The molecule has 1 atom stereocenters. The average molecular weight is 266 g/mol. The van der Waals surface area contributed by atoms with Crippen molar-refractivity contribution >= 4 is 5.91 Å². The first-order valence-electron chi connectivity index (χ1n) is 6.83. The number of likely N-dealkylation sites (tertiary alicyclic amines) is 1. The minimum atomic E-state index is 0.117. The molecule has 0 aliphatic carbocycles. The molecule has 1 aliphatic rings. The number of hydrogen-bond acceptors (Lipinski definition) is 5. The van der Waals surface area contributed by atoms with E-state index in [9.17, 15) is 4.79 Å². The van der Waals surface area contributed by atoms with Gasteiger partial charge in [0.2, 0.25) is 17.7 Å². The van der Waals surface area contributed by atoms with Crippen LogP contribution in [0.2, 0.25) is 0 Å². The molecule has 0 radical (unpaired) electrons. The first kappa shape index (κ1) is 14.0. The highest BCUT2D eigenvalue weighted by molar-refractivity contribution is 5.75. The zero-order valence-corrected chi connectivity index (χ0v) is 11.8. The molecule has 0 aromatic carbocycles. The Morgan fingerprint density at radius 2 is 2.32 bits per heavy atom. The van der Waals surface area contributed by atoms with Crippen LogP contribution in [0, 0.1) is 5.92 Å². The molecule has 1 unspecified atom stereocenters.